The van der Waals surface area contributed by atoms with E-state index in [1.54, 1.807) is 0 Å². The number of nitrogen functional groups attached to an aromatic ring is 1. The van der Waals surface area contributed by atoms with Crippen LogP contribution in [0.3, 0.4) is 0 Å². The highest BCUT2D eigenvalue weighted by atomic mass is 15.1. The standard InChI is InChI=1S/C13H20N4/c1-8-11(14)16-13(10-4-5-10)17-12(8)15-7-6-9-2-3-9/h9-10H,2-7H2,1H3,(H3,14,15,16,17). The Morgan fingerprint density at radius 2 is 2.00 bits per heavy atom. The monoisotopic (exact) mass is 232 g/mol. The Hall–Kier alpha value is -1.32. The second kappa shape index (κ2) is 4.17. The smallest absolute Gasteiger partial charge is 0.136 e. The van der Waals surface area contributed by atoms with Gasteiger partial charge < -0.3 is 11.1 Å². The van der Waals surface area contributed by atoms with E-state index in [9.17, 15) is 0 Å². The van der Waals surface area contributed by atoms with E-state index < -0.39 is 0 Å². The Morgan fingerprint density at radius 1 is 1.24 bits per heavy atom. The molecule has 0 saturated heterocycles. The van der Waals surface area contributed by atoms with E-state index in [1.807, 2.05) is 6.92 Å². The molecule has 0 radical (unpaired) electrons. The fraction of sp³-hybridized carbons (Fsp3) is 0.692. The van der Waals surface area contributed by atoms with Crippen molar-refractivity contribution in [1.29, 1.82) is 0 Å². The number of hydrogen-bond donors (Lipinski definition) is 2. The van der Waals surface area contributed by atoms with Crippen LogP contribution in [-0.2, 0) is 0 Å². The Bertz CT molecular complexity index is 422. The van der Waals surface area contributed by atoms with Gasteiger partial charge in [0.05, 0.1) is 0 Å². The van der Waals surface area contributed by atoms with E-state index in [0.29, 0.717) is 11.7 Å². The molecule has 0 spiro atoms. The molecule has 0 bridgehead atoms. The molecule has 1 aromatic rings. The summed E-state index contributed by atoms with van der Waals surface area (Å²) >= 11 is 0. The minimum atomic E-state index is 0.557. The molecule has 17 heavy (non-hydrogen) atoms. The van der Waals surface area contributed by atoms with Crippen LogP contribution >= 0.6 is 0 Å². The summed E-state index contributed by atoms with van der Waals surface area (Å²) < 4.78 is 0. The lowest BCUT2D eigenvalue weighted by Gasteiger charge is -2.11. The van der Waals surface area contributed by atoms with E-state index >= 15 is 0 Å². The highest BCUT2D eigenvalue weighted by Crippen LogP contribution is 2.39. The number of nitrogens with one attached hydrogen (secondary N) is 1. The number of hydrogen-bond acceptors (Lipinski definition) is 4. The molecule has 4 heteroatoms. The van der Waals surface area contributed by atoms with Gasteiger partial charge in [0.25, 0.3) is 0 Å². The molecule has 0 atom stereocenters. The third-order valence-electron chi connectivity index (χ3n) is 3.69. The topological polar surface area (TPSA) is 63.8 Å². The lowest BCUT2D eigenvalue weighted by Crippen LogP contribution is -2.10. The SMILES string of the molecule is Cc1c(N)nc(C2CC2)nc1NCCC1CC1. The highest BCUT2D eigenvalue weighted by Gasteiger charge is 2.28. The summed E-state index contributed by atoms with van der Waals surface area (Å²) in [6.07, 6.45) is 6.48. The van der Waals surface area contributed by atoms with Gasteiger partial charge in [-0.1, -0.05) is 12.8 Å². The van der Waals surface area contributed by atoms with Crippen molar-refractivity contribution in [2.75, 3.05) is 17.6 Å². The summed E-state index contributed by atoms with van der Waals surface area (Å²) in [6.45, 7) is 3.00. The maximum absolute atomic E-state index is 5.94. The molecule has 3 N–H and O–H groups in total. The minimum absolute atomic E-state index is 0.557. The number of rotatable bonds is 5. The maximum Gasteiger partial charge on any atom is 0.136 e. The normalized spacial score (nSPS) is 19.4. The summed E-state index contributed by atoms with van der Waals surface area (Å²) in [4.78, 5) is 8.99. The van der Waals surface area contributed by atoms with Crippen molar-refractivity contribution in [3.05, 3.63) is 11.4 Å². The molecule has 0 aliphatic heterocycles. The van der Waals surface area contributed by atoms with Gasteiger partial charge >= 0.3 is 0 Å². The van der Waals surface area contributed by atoms with Crippen LogP contribution in [0.5, 0.6) is 0 Å². The van der Waals surface area contributed by atoms with Crippen molar-refractivity contribution in [2.24, 2.45) is 5.92 Å². The molecule has 2 fully saturated rings. The van der Waals surface area contributed by atoms with Crippen LogP contribution in [-0.4, -0.2) is 16.5 Å². The summed E-state index contributed by atoms with van der Waals surface area (Å²) in [5, 5.41) is 3.42. The molecular weight excluding hydrogens is 212 g/mol. The van der Waals surface area contributed by atoms with E-state index in [4.69, 9.17) is 5.73 Å². The van der Waals surface area contributed by atoms with Crippen LogP contribution in [0.4, 0.5) is 11.6 Å². The van der Waals surface area contributed by atoms with Gasteiger partial charge in [-0.25, -0.2) is 9.97 Å². The lowest BCUT2D eigenvalue weighted by molar-refractivity contribution is 0.756. The first kappa shape index (κ1) is 10.8. The second-order valence-corrected chi connectivity index (χ2v) is 5.37. The van der Waals surface area contributed by atoms with Gasteiger partial charge in [-0.3, -0.25) is 0 Å². The average Bonchev–Trinajstić information content (AvgIpc) is 3.16. The Kier molecular flexibility index (Phi) is 2.65. The fourth-order valence-electron chi connectivity index (χ4n) is 2.05. The first-order valence-electron chi connectivity index (χ1n) is 6.62. The van der Waals surface area contributed by atoms with E-state index in [1.165, 1.54) is 32.1 Å². The molecule has 2 aliphatic rings. The largest absolute Gasteiger partial charge is 0.383 e. The van der Waals surface area contributed by atoms with E-state index in [-0.39, 0.29) is 0 Å². The fourth-order valence-corrected chi connectivity index (χ4v) is 2.05. The summed E-state index contributed by atoms with van der Waals surface area (Å²) in [5.41, 5.74) is 6.93. The van der Waals surface area contributed by atoms with Crippen molar-refractivity contribution < 1.29 is 0 Å². The zero-order chi connectivity index (χ0) is 11.8. The Labute approximate surface area is 102 Å². The Morgan fingerprint density at radius 3 is 2.65 bits per heavy atom. The first-order valence-corrected chi connectivity index (χ1v) is 6.62. The molecule has 1 heterocycles. The van der Waals surface area contributed by atoms with Crippen LogP contribution in [0.2, 0.25) is 0 Å². The van der Waals surface area contributed by atoms with Crippen LogP contribution in [0.1, 0.15) is 49.4 Å². The van der Waals surface area contributed by atoms with Crippen LogP contribution in [0.15, 0.2) is 0 Å². The molecule has 3 rings (SSSR count). The van der Waals surface area contributed by atoms with Gasteiger partial charge in [0, 0.05) is 18.0 Å². The van der Waals surface area contributed by atoms with Gasteiger partial charge in [-0.15, -0.1) is 0 Å². The predicted molar refractivity (Wildman–Crippen MR) is 69.0 cm³/mol. The zero-order valence-electron chi connectivity index (χ0n) is 10.4. The van der Waals surface area contributed by atoms with Crippen molar-refractivity contribution in [1.82, 2.24) is 9.97 Å². The molecule has 2 aliphatic carbocycles. The summed E-state index contributed by atoms with van der Waals surface area (Å²) in [5.74, 6) is 4.02. The predicted octanol–water partition coefficient (Wildman–Crippen LogP) is 2.46. The van der Waals surface area contributed by atoms with Crippen molar-refractivity contribution >= 4 is 11.6 Å². The van der Waals surface area contributed by atoms with Crippen LogP contribution < -0.4 is 11.1 Å². The number of nitrogens with zero attached hydrogens (tertiary/aromatic N) is 2. The molecule has 4 nitrogen and oxygen atoms in total. The quantitative estimate of drug-likeness (QED) is 0.818. The molecule has 92 valence electrons. The second-order valence-electron chi connectivity index (χ2n) is 5.37. The first-order chi connectivity index (χ1) is 8.24. The molecule has 0 amide bonds. The lowest BCUT2D eigenvalue weighted by atomic mass is 10.2. The third-order valence-corrected chi connectivity index (χ3v) is 3.69. The van der Waals surface area contributed by atoms with E-state index in [0.717, 1.165) is 29.7 Å². The molecule has 2 saturated carbocycles. The maximum atomic E-state index is 5.94. The van der Waals surface area contributed by atoms with Gasteiger partial charge in [0.1, 0.15) is 17.5 Å². The third kappa shape index (κ3) is 2.51. The number of nitrogens with two attached hydrogens (primary N) is 1. The van der Waals surface area contributed by atoms with Gasteiger partial charge in [0.2, 0.25) is 0 Å². The van der Waals surface area contributed by atoms with E-state index in [2.05, 4.69) is 15.3 Å². The molecule has 1 aromatic heterocycles. The van der Waals surface area contributed by atoms with Crippen molar-refractivity contribution in [2.45, 2.75) is 44.9 Å². The number of anilines is 2. The minimum Gasteiger partial charge on any atom is -0.383 e. The van der Waals surface area contributed by atoms with Crippen LogP contribution in [0.25, 0.3) is 0 Å². The van der Waals surface area contributed by atoms with Crippen LogP contribution in [0, 0.1) is 12.8 Å². The van der Waals surface area contributed by atoms with Gasteiger partial charge in [0.15, 0.2) is 0 Å². The summed E-state index contributed by atoms with van der Waals surface area (Å²) in [7, 11) is 0. The number of aromatic nitrogens is 2. The van der Waals surface area contributed by atoms with Gasteiger partial charge in [-0.05, 0) is 32.1 Å². The summed E-state index contributed by atoms with van der Waals surface area (Å²) in [6, 6.07) is 0. The highest BCUT2D eigenvalue weighted by molar-refractivity contribution is 5.55. The van der Waals surface area contributed by atoms with Crippen molar-refractivity contribution in [3.8, 4) is 0 Å². The van der Waals surface area contributed by atoms with Crippen molar-refractivity contribution in [3.63, 3.8) is 0 Å². The molecule has 0 aromatic carbocycles. The van der Waals surface area contributed by atoms with Gasteiger partial charge in [-0.2, -0.15) is 0 Å². The zero-order valence-corrected chi connectivity index (χ0v) is 10.4. The Balaban J connectivity index is 1.70. The average molecular weight is 232 g/mol. The molecular formula is C13H20N4. The molecule has 0 unspecified atom stereocenters.